The number of piperidine rings is 2. The van der Waals surface area contributed by atoms with Gasteiger partial charge in [-0.1, -0.05) is 0 Å². The van der Waals surface area contributed by atoms with Crippen LogP contribution in [0.5, 0.6) is 5.88 Å². The highest BCUT2D eigenvalue weighted by atomic mass is 16.5. The van der Waals surface area contributed by atoms with Crippen LogP contribution in [0.2, 0.25) is 0 Å². The van der Waals surface area contributed by atoms with Crippen LogP contribution in [0.15, 0.2) is 12.1 Å². The van der Waals surface area contributed by atoms with Gasteiger partial charge in [-0.05, 0) is 46.1 Å². The van der Waals surface area contributed by atoms with Crippen LogP contribution < -0.4 is 20.3 Å². The number of aromatic amines is 1. The van der Waals surface area contributed by atoms with Crippen LogP contribution in [0.25, 0.3) is 0 Å². The standard InChI is InChI=1S/C21H32N8O2/c1-13-8-18(27-26-13)23-17-11-19(31-4)25-21(24-17)28(3)16-9-14-6-5-7-15(10-16)29(14)20(30)12-22-2/h8,11,14-16,22H,5-7,9-10,12H2,1-4H3,(H2,23,24,25,26,27)/t14-,15+,16?. The number of anilines is 3. The molecule has 2 saturated heterocycles. The molecule has 0 radical (unpaired) electrons. The van der Waals surface area contributed by atoms with Gasteiger partial charge in [0.25, 0.3) is 0 Å². The molecule has 0 saturated carbocycles. The fraction of sp³-hybridized carbons (Fsp3) is 0.619. The number of aryl methyl sites for hydroxylation is 1. The van der Waals surface area contributed by atoms with Crippen LogP contribution in [0.4, 0.5) is 17.6 Å². The largest absolute Gasteiger partial charge is 0.481 e. The molecule has 2 fully saturated rings. The maximum atomic E-state index is 12.7. The maximum absolute atomic E-state index is 12.7. The number of carbonyl (C=O) groups is 1. The Labute approximate surface area is 182 Å². The number of carbonyl (C=O) groups excluding carboxylic acids is 1. The van der Waals surface area contributed by atoms with Crippen molar-refractivity contribution >= 4 is 23.5 Å². The van der Waals surface area contributed by atoms with E-state index in [1.807, 2.05) is 27.1 Å². The smallest absolute Gasteiger partial charge is 0.237 e. The zero-order chi connectivity index (χ0) is 22.0. The Morgan fingerprint density at radius 2 is 2.00 bits per heavy atom. The van der Waals surface area contributed by atoms with Crippen molar-refractivity contribution in [1.82, 2.24) is 30.4 Å². The lowest BCUT2D eigenvalue weighted by atomic mass is 9.81. The summed E-state index contributed by atoms with van der Waals surface area (Å²) in [7, 11) is 5.46. The van der Waals surface area contributed by atoms with E-state index in [-0.39, 0.29) is 24.0 Å². The van der Waals surface area contributed by atoms with E-state index in [2.05, 4.69) is 35.6 Å². The molecule has 4 heterocycles. The summed E-state index contributed by atoms with van der Waals surface area (Å²) in [6.45, 7) is 2.34. The number of nitrogens with zero attached hydrogens (tertiary/aromatic N) is 5. The fourth-order valence-electron chi connectivity index (χ4n) is 4.83. The van der Waals surface area contributed by atoms with Gasteiger partial charge in [0, 0.05) is 43.0 Å². The van der Waals surface area contributed by atoms with E-state index in [4.69, 9.17) is 9.72 Å². The predicted molar refractivity (Wildman–Crippen MR) is 119 cm³/mol. The minimum atomic E-state index is 0.205. The number of aromatic nitrogens is 4. The van der Waals surface area contributed by atoms with Gasteiger partial charge < -0.3 is 25.2 Å². The summed E-state index contributed by atoms with van der Waals surface area (Å²) in [6, 6.07) is 4.49. The topological polar surface area (TPSA) is 111 Å². The number of H-pyrrole nitrogens is 1. The molecule has 2 aromatic heterocycles. The van der Waals surface area contributed by atoms with E-state index in [0.717, 1.165) is 31.4 Å². The van der Waals surface area contributed by atoms with Crippen molar-refractivity contribution in [2.45, 2.75) is 57.2 Å². The van der Waals surface area contributed by atoms with Gasteiger partial charge in [-0.2, -0.15) is 15.1 Å². The van der Waals surface area contributed by atoms with Gasteiger partial charge in [0.2, 0.25) is 17.7 Å². The normalized spacial score (nSPS) is 22.8. The SMILES string of the molecule is CNCC(=O)N1[C@@H]2CCC[C@H]1CC(N(C)c1nc(Nc3cc(C)[nH]n3)cc(OC)n1)C2. The van der Waals surface area contributed by atoms with Crippen LogP contribution in [-0.4, -0.2) is 76.8 Å². The number of fused-ring (bicyclic) bond motifs is 2. The third-order valence-corrected chi connectivity index (χ3v) is 6.29. The Morgan fingerprint density at radius 1 is 1.26 bits per heavy atom. The molecule has 1 unspecified atom stereocenters. The molecular formula is C21H32N8O2. The number of hydrogen-bond acceptors (Lipinski definition) is 8. The van der Waals surface area contributed by atoms with Crippen LogP contribution in [0.1, 0.15) is 37.8 Å². The lowest BCUT2D eigenvalue weighted by molar-refractivity contribution is -0.140. The number of nitrogens with one attached hydrogen (secondary N) is 3. The molecule has 3 N–H and O–H groups in total. The molecule has 3 atom stereocenters. The number of methoxy groups -OCH3 is 1. The Morgan fingerprint density at radius 3 is 2.61 bits per heavy atom. The molecule has 31 heavy (non-hydrogen) atoms. The summed E-state index contributed by atoms with van der Waals surface area (Å²) in [5.74, 6) is 2.62. The van der Waals surface area contributed by atoms with Crippen LogP contribution in [-0.2, 0) is 4.79 Å². The number of ether oxygens (including phenoxy) is 1. The zero-order valence-corrected chi connectivity index (χ0v) is 18.7. The lowest BCUT2D eigenvalue weighted by Crippen LogP contribution is -2.59. The first-order chi connectivity index (χ1) is 15.0. The van der Waals surface area contributed by atoms with Gasteiger partial charge in [-0.25, -0.2) is 0 Å². The number of rotatable bonds is 7. The summed E-state index contributed by atoms with van der Waals surface area (Å²) in [6.07, 6.45) is 5.14. The molecule has 2 aliphatic heterocycles. The molecule has 2 aromatic rings. The van der Waals surface area contributed by atoms with E-state index < -0.39 is 0 Å². The highest BCUT2D eigenvalue weighted by molar-refractivity contribution is 5.79. The highest BCUT2D eigenvalue weighted by Gasteiger charge is 2.42. The van der Waals surface area contributed by atoms with Crippen LogP contribution in [0, 0.1) is 6.92 Å². The molecule has 10 heteroatoms. The Balaban J connectivity index is 1.53. The van der Waals surface area contributed by atoms with E-state index in [9.17, 15) is 4.79 Å². The molecule has 0 spiro atoms. The van der Waals surface area contributed by atoms with E-state index in [1.54, 1.807) is 13.2 Å². The minimum Gasteiger partial charge on any atom is -0.481 e. The van der Waals surface area contributed by atoms with Gasteiger partial charge in [0.1, 0.15) is 5.82 Å². The fourth-order valence-corrected chi connectivity index (χ4v) is 4.83. The second kappa shape index (κ2) is 9.09. The molecule has 0 aromatic carbocycles. The molecule has 10 nitrogen and oxygen atoms in total. The van der Waals surface area contributed by atoms with Crippen molar-refractivity contribution in [3.63, 3.8) is 0 Å². The Bertz CT molecular complexity index is 903. The first kappa shape index (κ1) is 21.4. The molecule has 2 aliphatic rings. The second-order valence-electron chi connectivity index (χ2n) is 8.46. The highest BCUT2D eigenvalue weighted by Crippen LogP contribution is 2.37. The molecule has 0 aliphatic carbocycles. The summed E-state index contributed by atoms with van der Waals surface area (Å²) in [5, 5.41) is 13.4. The maximum Gasteiger partial charge on any atom is 0.237 e. The Hall–Kier alpha value is -2.88. The number of likely N-dealkylation sites (N-methyl/N-ethyl adjacent to an activating group) is 1. The monoisotopic (exact) mass is 428 g/mol. The third kappa shape index (κ3) is 4.58. The molecule has 168 valence electrons. The van der Waals surface area contributed by atoms with Crippen molar-refractivity contribution in [3.05, 3.63) is 17.8 Å². The minimum absolute atomic E-state index is 0.205. The average Bonchev–Trinajstić information content (AvgIpc) is 3.16. The van der Waals surface area contributed by atoms with Crippen LogP contribution >= 0.6 is 0 Å². The molecule has 1 amide bonds. The van der Waals surface area contributed by atoms with Crippen LogP contribution in [0.3, 0.4) is 0 Å². The summed E-state index contributed by atoms with van der Waals surface area (Å²) >= 11 is 0. The summed E-state index contributed by atoms with van der Waals surface area (Å²) in [5.41, 5.74) is 0.965. The molecule has 2 bridgehead atoms. The summed E-state index contributed by atoms with van der Waals surface area (Å²) < 4.78 is 5.42. The van der Waals surface area contributed by atoms with Crippen molar-refractivity contribution in [3.8, 4) is 5.88 Å². The lowest BCUT2D eigenvalue weighted by Gasteiger charge is -2.50. The van der Waals surface area contributed by atoms with Crippen molar-refractivity contribution in [1.29, 1.82) is 0 Å². The second-order valence-corrected chi connectivity index (χ2v) is 8.46. The molecular weight excluding hydrogens is 396 g/mol. The predicted octanol–water partition coefficient (Wildman–Crippen LogP) is 1.83. The number of amides is 1. The van der Waals surface area contributed by atoms with Gasteiger partial charge in [-0.3, -0.25) is 9.89 Å². The van der Waals surface area contributed by atoms with E-state index >= 15 is 0 Å². The number of hydrogen-bond donors (Lipinski definition) is 3. The first-order valence-electron chi connectivity index (χ1n) is 10.9. The van der Waals surface area contributed by atoms with Gasteiger partial charge in [0.05, 0.1) is 13.7 Å². The zero-order valence-electron chi connectivity index (χ0n) is 18.7. The van der Waals surface area contributed by atoms with Gasteiger partial charge in [-0.15, -0.1) is 0 Å². The summed E-state index contributed by atoms with van der Waals surface area (Å²) in [4.78, 5) is 26.2. The first-order valence-corrected chi connectivity index (χ1v) is 10.9. The molecule has 4 rings (SSSR count). The third-order valence-electron chi connectivity index (χ3n) is 6.29. The van der Waals surface area contributed by atoms with E-state index in [0.29, 0.717) is 30.0 Å². The van der Waals surface area contributed by atoms with Crippen molar-refractivity contribution < 1.29 is 9.53 Å². The average molecular weight is 429 g/mol. The van der Waals surface area contributed by atoms with Crippen molar-refractivity contribution in [2.75, 3.05) is 38.0 Å². The Kier molecular flexibility index (Phi) is 6.26. The van der Waals surface area contributed by atoms with Gasteiger partial charge in [0.15, 0.2) is 5.82 Å². The van der Waals surface area contributed by atoms with Crippen molar-refractivity contribution in [2.24, 2.45) is 0 Å². The van der Waals surface area contributed by atoms with E-state index in [1.165, 1.54) is 6.42 Å². The van der Waals surface area contributed by atoms with Gasteiger partial charge >= 0.3 is 0 Å². The quantitative estimate of drug-likeness (QED) is 0.613.